The third-order valence-electron chi connectivity index (χ3n) is 5.40. The monoisotopic (exact) mass is 391 g/mol. The fraction of sp³-hybridized carbons (Fsp3) is 0.526. The van der Waals surface area contributed by atoms with Crippen molar-refractivity contribution in [3.05, 3.63) is 23.9 Å². The number of carbonyl (C=O) groups excluding carboxylic acids is 1. The molecule has 3 heterocycles. The van der Waals surface area contributed by atoms with E-state index in [0.29, 0.717) is 24.4 Å². The van der Waals surface area contributed by atoms with E-state index in [1.165, 1.54) is 24.4 Å². The summed E-state index contributed by atoms with van der Waals surface area (Å²) in [6.07, 6.45) is 4.62. The molecule has 2 saturated heterocycles. The molecule has 1 aromatic carbocycles. The highest BCUT2D eigenvalue weighted by Crippen LogP contribution is 2.34. The maximum absolute atomic E-state index is 12.7. The van der Waals surface area contributed by atoms with Crippen LogP contribution in [-0.2, 0) is 4.79 Å². The maximum atomic E-state index is 12.7. The molecule has 2 N–H and O–H groups in total. The van der Waals surface area contributed by atoms with E-state index >= 15 is 0 Å². The first-order chi connectivity index (χ1) is 13.1. The van der Waals surface area contributed by atoms with Crippen LogP contribution in [0.25, 0.3) is 10.1 Å². The molecule has 8 heteroatoms. The fourth-order valence-electron chi connectivity index (χ4n) is 4.12. The van der Waals surface area contributed by atoms with Crippen LogP contribution in [0.2, 0.25) is 0 Å². The summed E-state index contributed by atoms with van der Waals surface area (Å²) in [6, 6.07) is 7.32. The summed E-state index contributed by atoms with van der Waals surface area (Å²) in [4.78, 5) is 23.5. The zero-order valence-electron chi connectivity index (χ0n) is 15.6. The molecule has 27 heavy (non-hydrogen) atoms. The van der Waals surface area contributed by atoms with Crippen molar-refractivity contribution in [1.82, 2.24) is 14.6 Å². The van der Waals surface area contributed by atoms with Crippen LogP contribution in [0.1, 0.15) is 43.1 Å². The number of rotatable bonds is 4. The molecule has 2 bridgehead atoms. The summed E-state index contributed by atoms with van der Waals surface area (Å²) in [5.41, 5.74) is 0.546. The van der Waals surface area contributed by atoms with Gasteiger partial charge >= 0.3 is 0 Å². The van der Waals surface area contributed by atoms with E-state index < -0.39 is 0 Å². The zero-order chi connectivity index (χ0) is 19.4. The number of nitrogens with zero attached hydrogens (tertiary/aromatic N) is 2. The van der Waals surface area contributed by atoms with Gasteiger partial charge in [-0.3, -0.25) is 9.59 Å². The van der Waals surface area contributed by atoms with Gasteiger partial charge in [0, 0.05) is 23.5 Å². The third kappa shape index (κ3) is 4.22. The second kappa shape index (κ2) is 8.67. The van der Waals surface area contributed by atoms with Crippen LogP contribution >= 0.6 is 11.5 Å². The number of carboxylic acid groups (broad SMARTS) is 1. The first kappa shape index (κ1) is 19.6. The minimum atomic E-state index is -0.250. The molecule has 146 valence electrons. The van der Waals surface area contributed by atoms with Crippen LogP contribution in [-0.4, -0.2) is 58.5 Å². The number of hydrogen-bond acceptors (Lipinski definition) is 6. The molecule has 1 aromatic heterocycles. The van der Waals surface area contributed by atoms with Crippen molar-refractivity contribution in [1.29, 1.82) is 0 Å². The van der Waals surface area contributed by atoms with Crippen molar-refractivity contribution in [2.75, 3.05) is 13.7 Å². The molecular formula is C19H25N3O4S. The van der Waals surface area contributed by atoms with Crippen LogP contribution in [0.15, 0.2) is 18.2 Å². The van der Waals surface area contributed by atoms with Gasteiger partial charge in [0.2, 0.25) is 0 Å². The van der Waals surface area contributed by atoms with Gasteiger partial charge < -0.3 is 20.1 Å². The first-order valence-electron chi connectivity index (χ1n) is 9.20. The van der Waals surface area contributed by atoms with E-state index in [1.807, 2.05) is 25.1 Å². The number of amides is 1. The van der Waals surface area contributed by atoms with Gasteiger partial charge in [-0.15, -0.1) is 0 Å². The molecule has 1 amide bonds. The summed E-state index contributed by atoms with van der Waals surface area (Å²) < 4.78 is 10.9. The third-order valence-corrected chi connectivity index (χ3v) is 6.21. The second-order valence-corrected chi connectivity index (χ2v) is 7.72. The Morgan fingerprint density at radius 3 is 2.70 bits per heavy atom. The number of hydrogen-bond donors (Lipinski definition) is 2. The van der Waals surface area contributed by atoms with Crippen molar-refractivity contribution < 1.29 is 19.4 Å². The van der Waals surface area contributed by atoms with Gasteiger partial charge in [-0.1, -0.05) is 0 Å². The maximum Gasteiger partial charge on any atom is 0.290 e. The smallest absolute Gasteiger partial charge is 0.290 e. The van der Waals surface area contributed by atoms with Crippen LogP contribution in [0.4, 0.5) is 0 Å². The van der Waals surface area contributed by atoms with Crippen LogP contribution in [0, 0.1) is 0 Å². The lowest BCUT2D eigenvalue weighted by Crippen LogP contribution is -2.48. The summed E-state index contributed by atoms with van der Waals surface area (Å²) in [6.45, 7) is 2.35. The normalized spacial score (nSPS) is 24.1. The number of carbonyl (C=O) groups is 2. The lowest BCUT2D eigenvalue weighted by atomic mass is 9.98. The number of ether oxygens (including phenoxy) is 1. The van der Waals surface area contributed by atoms with Gasteiger partial charge in [-0.2, -0.15) is 4.37 Å². The fourth-order valence-corrected chi connectivity index (χ4v) is 4.92. The number of piperidine rings is 1. The highest BCUT2D eigenvalue weighted by molar-refractivity contribution is 7.13. The van der Waals surface area contributed by atoms with Crippen molar-refractivity contribution in [2.45, 2.75) is 50.7 Å². The van der Waals surface area contributed by atoms with E-state index in [1.54, 1.807) is 0 Å². The Hall–Kier alpha value is -2.19. The van der Waals surface area contributed by atoms with E-state index in [-0.39, 0.29) is 18.4 Å². The largest absolute Gasteiger partial charge is 0.494 e. The summed E-state index contributed by atoms with van der Waals surface area (Å²) in [5.74, 6) is 0.784. The number of benzene rings is 1. The average molecular weight is 391 g/mol. The topological polar surface area (TPSA) is 91.8 Å². The lowest BCUT2D eigenvalue weighted by molar-refractivity contribution is -0.122. The molecule has 0 aliphatic carbocycles. The molecule has 0 radical (unpaired) electrons. The zero-order valence-corrected chi connectivity index (χ0v) is 16.4. The minimum absolute atomic E-state index is 0.0423. The number of fused-ring (bicyclic) bond motifs is 3. The highest BCUT2D eigenvalue weighted by atomic mass is 32.1. The minimum Gasteiger partial charge on any atom is -0.494 e. The average Bonchev–Trinajstić information content (AvgIpc) is 3.13. The molecule has 2 atom stereocenters. The van der Waals surface area contributed by atoms with E-state index in [2.05, 4.69) is 21.6 Å². The molecular weight excluding hydrogens is 366 g/mol. The Labute approximate surface area is 162 Å². The van der Waals surface area contributed by atoms with Crippen LogP contribution in [0.3, 0.4) is 0 Å². The Morgan fingerprint density at radius 2 is 2.07 bits per heavy atom. The van der Waals surface area contributed by atoms with Gasteiger partial charge in [0.25, 0.3) is 12.4 Å². The SMILES string of the molecule is CCOc1ccc2c(C(=O)NC3CC4CCC(C3)N4C)nsc2c1.O=CO. The van der Waals surface area contributed by atoms with E-state index in [0.717, 1.165) is 28.7 Å². The predicted octanol–water partition coefficient (Wildman–Crippen LogP) is 2.75. The Balaban J connectivity index is 0.000000659. The van der Waals surface area contributed by atoms with Crippen LogP contribution in [0.5, 0.6) is 5.75 Å². The molecule has 2 aliphatic heterocycles. The van der Waals surface area contributed by atoms with Crippen molar-refractivity contribution in [3.63, 3.8) is 0 Å². The van der Waals surface area contributed by atoms with Gasteiger partial charge in [-0.25, -0.2) is 0 Å². The molecule has 4 rings (SSSR count). The number of nitrogens with one attached hydrogen (secondary N) is 1. The van der Waals surface area contributed by atoms with Crippen molar-refractivity contribution in [3.8, 4) is 5.75 Å². The van der Waals surface area contributed by atoms with E-state index in [4.69, 9.17) is 14.6 Å². The molecule has 2 fully saturated rings. The standard InChI is InChI=1S/C18H23N3O2S.CH2O2/c1-3-23-14-6-7-15-16(10-14)24-20-17(15)18(22)19-11-8-12-4-5-13(9-11)21(12)2;2-1-3/h6-7,10-13H,3-5,8-9H2,1-2H3,(H,19,22);1H,(H,2,3). The second-order valence-electron chi connectivity index (χ2n) is 6.92. The Morgan fingerprint density at radius 1 is 1.41 bits per heavy atom. The summed E-state index contributed by atoms with van der Waals surface area (Å²) in [7, 11) is 2.21. The Kier molecular flexibility index (Phi) is 6.28. The van der Waals surface area contributed by atoms with Crippen LogP contribution < -0.4 is 10.1 Å². The van der Waals surface area contributed by atoms with Gasteiger partial charge in [0.15, 0.2) is 0 Å². The van der Waals surface area contributed by atoms with Crippen molar-refractivity contribution in [2.24, 2.45) is 0 Å². The molecule has 0 spiro atoms. The predicted molar refractivity (Wildman–Crippen MR) is 105 cm³/mol. The molecule has 0 saturated carbocycles. The van der Waals surface area contributed by atoms with Gasteiger partial charge in [0.1, 0.15) is 11.4 Å². The first-order valence-corrected chi connectivity index (χ1v) is 9.97. The van der Waals surface area contributed by atoms with Gasteiger partial charge in [-0.05, 0) is 69.4 Å². The molecule has 2 unspecified atom stereocenters. The quantitative estimate of drug-likeness (QED) is 0.779. The lowest BCUT2D eigenvalue weighted by Gasteiger charge is -2.36. The van der Waals surface area contributed by atoms with E-state index in [9.17, 15) is 4.79 Å². The van der Waals surface area contributed by atoms with Gasteiger partial charge in [0.05, 0.1) is 11.3 Å². The summed E-state index contributed by atoms with van der Waals surface area (Å²) in [5, 5.41) is 11.0. The molecule has 2 aliphatic rings. The van der Waals surface area contributed by atoms with Crippen molar-refractivity contribution >= 4 is 34.0 Å². The highest BCUT2D eigenvalue weighted by Gasteiger charge is 2.39. The Bertz CT molecular complexity index is 795. The molecule has 2 aromatic rings. The number of aromatic nitrogens is 1. The molecule has 7 nitrogen and oxygen atoms in total. The summed E-state index contributed by atoms with van der Waals surface area (Å²) >= 11 is 1.36.